The smallest absolute Gasteiger partial charge is 0.164 e. The van der Waals surface area contributed by atoms with Gasteiger partial charge in [-0.1, -0.05) is 152 Å². The maximum Gasteiger partial charge on any atom is 0.164 e. The van der Waals surface area contributed by atoms with Crippen molar-refractivity contribution < 1.29 is 4.42 Å². The standard InChI is InChI=1S/C51H32N4O/c1-5-15-33(16-6-1)37-26-29-44-42(31-37)39-23-13-14-24-43(39)55(44)45-30-28-41-40-27-25-38(32-46(40)56-48(41)47(45)34-17-7-2-8-18-34)51-53-49(35-19-9-3-10-20-35)52-50(54-51)36-21-11-4-12-22-36/h1-32H. The van der Waals surface area contributed by atoms with E-state index in [1.807, 2.05) is 60.7 Å². The van der Waals surface area contributed by atoms with Crippen molar-refractivity contribution >= 4 is 43.7 Å². The van der Waals surface area contributed by atoms with E-state index < -0.39 is 0 Å². The van der Waals surface area contributed by atoms with E-state index in [1.165, 1.54) is 21.9 Å². The van der Waals surface area contributed by atoms with Crippen molar-refractivity contribution in [2.24, 2.45) is 0 Å². The van der Waals surface area contributed by atoms with Crippen LogP contribution in [-0.2, 0) is 0 Å². The fraction of sp³-hybridized carbons (Fsp3) is 0. The molecule has 56 heavy (non-hydrogen) atoms. The normalized spacial score (nSPS) is 11.6. The third-order valence-electron chi connectivity index (χ3n) is 10.7. The summed E-state index contributed by atoms with van der Waals surface area (Å²) >= 11 is 0. The van der Waals surface area contributed by atoms with Crippen molar-refractivity contribution in [1.82, 2.24) is 19.5 Å². The summed E-state index contributed by atoms with van der Waals surface area (Å²) in [6.07, 6.45) is 0. The molecule has 0 fully saturated rings. The molecule has 3 aromatic heterocycles. The van der Waals surface area contributed by atoms with Gasteiger partial charge in [-0.25, -0.2) is 15.0 Å². The van der Waals surface area contributed by atoms with Crippen LogP contribution < -0.4 is 0 Å². The second-order valence-corrected chi connectivity index (χ2v) is 14.0. The lowest BCUT2D eigenvalue weighted by Crippen LogP contribution is -2.00. The number of para-hydroxylation sites is 1. The highest BCUT2D eigenvalue weighted by Crippen LogP contribution is 2.44. The molecule has 0 aliphatic rings. The number of hydrogen-bond acceptors (Lipinski definition) is 4. The molecule has 0 amide bonds. The predicted octanol–water partition coefficient (Wildman–Crippen LogP) is 13.2. The molecule has 262 valence electrons. The summed E-state index contributed by atoms with van der Waals surface area (Å²) in [5.74, 6) is 1.83. The Balaban J connectivity index is 1.13. The predicted molar refractivity (Wildman–Crippen MR) is 229 cm³/mol. The van der Waals surface area contributed by atoms with E-state index in [0.29, 0.717) is 17.5 Å². The van der Waals surface area contributed by atoms with Crippen LogP contribution in [0.25, 0.3) is 106 Å². The molecule has 0 bridgehead atoms. The fourth-order valence-corrected chi connectivity index (χ4v) is 8.02. The molecular weight excluding hydrogens is 685 g/mol. The van der Waals surface area contributed by atoms with Gasteiger partial charge in [0.05, 0.1) is 16.7 Å². The zero-order valence-electron chi connectivity index (χ0n) is 30.2. The van der Waals surface area contributed by atoms with Gasteiger partial charge in [0.15, 0.2) is 17.5 Å². The molecule has 5 heteroatoms. The summed E-state index contributed by atoms with van der Waals surface area (Å²) in [4.78, 5) is 14.9. The first kappa shape index (κ1) is 31.9. The third-order valence-corrected chi connectivity index (χ3v) is 10.7. The first-order chi connectivity index (χ1) is 27.8. The van der Waals surface area contributed by atoms with E-state index >= 15 is 0 Å². The highest BCUT2D eigenvalue weighted by atomic mass is 16.3. The Morgan fingerprint density at radius 1 is 0.339 bits per heavy atom. The number of fused-ring (bicyclic) bond motifs is 6. The minimum Gasteiger partial charge on any atom is -0.455 e. The van der Waals surface area contributed by atoms with Crippen LogP contribution in [0.1, 0.15) is 0 Å². The molecule has 0 N–H and O–H groups in total. The molecule has 5 nitrogen and oxygen atoms in total. The first-order valence-electron chi connectivity index (χ1n) is 18.8. The van der Waals surface area contributed by atoms with Gasteiger partial charge in [0.2, 0.25) is 0 Å². The van der Waals surface area contributed by atoms with Crippen LogP contribution in [-0.4, -0.2) is 19.5 Å². The topological polar surface area (TPSA) is 56.7 Å². The van der Waals surface area contributed by atoms with E-state index in [4.69, 9.17) is 19.4 Å². The number of furan rings is 1. The Morgan fingerprint density at radius 3 is 1.52 bits per heavy atom. The maximum absolute atomic E-state index is 6.99. The SMILES string of the molecule is c1ccc(-c2ccc3c(c2)c2ccccc2n3-c2ccc3c(oc4cc(-c5nc(-c6ccccc6)nc(-c6ccccc6)n5)ccc43)c2-c2ccccc2)cc1. The van der Waals surface area contributed by atoms with Gasteiger partial charge in [0.1, 0.15) is 11.2 Å². The average Bonchev–Trinajstić information content (AvgIpc) is 3.82. The van der Waals surface area contributed by atoms with Gasteiger partial charge < -0.3 is 8.98 Å². The van der Waals surface area contributed by atoms with Crippen molar-refractivity contribution in [2.45, 2.75) is 0 Å². The van der Waals surface area contributed by atoms with Gasteiger partial charge in [-0.15, -0.1) is 0 Å². The Bertz CT molecular complexity index is 3170. The molecule has 0 radical (unpaired) electrons. The molecule has 0 spiro atoms. The molecule has 0 aliphatic heterocycles. The summed E-state index contributed by atoms with van der Waals surface area (Å²) < 4.78 is 9.37. The van der Waals surface area contributed by atoms with Gasteiger partial charge in [0.25, 0.3) is 0 Å². The molecule has 11 rings (SSSR count). The summed E-state index contributed by atoms with van der Waals surface area (Å²) in [6.45, 7) is 0. The fourth-order valence-electron chi connectivity index (χ4n) is 8.02. The second kappa shape index (κ2) is 13.0. The molecule has 0 aliphatic carbocycles. The highest BCUT2D eigenvalue weighted by molar-refractivity contribution is 6.15. The first-order valence-corrected chi connectivity index (χ1v) is 18.8. The summed E-state index contributed by atoms with van der Waals surface area (Å²) in [7, 11) is 0. The number of rotatable bonds is 6. The Hall–Kier alpha value is -7.63. The molecule has 3 heterocycles. The third kappa shape index (κ3) is 5.29. The van der Waals surface area contributed by atoms with Crippen LogP contribution in [0.5, 0.6) is 0 Å². The summed E-state index contributed by atoms with van der Waals surface area (Å²) in [5.41, 5.74) is 12.2. The molecule has 0 saturated heterocycles. The lowest BCUT2D eigenvalue weighted by molar-refractivity contribution is 0.670. The van der Waals surface area contributed by atoms with Crippen LogP contribution in [0.4, 0.5) is 0 Å². The quantitative estimate of drug-likeness (QED) is 0.172. The van der Waals surface area contributed by atoms with E-state index in [0.717, 1.165) is 66.5 Å². The molecule has 0 saturated carbocycles. The van der Waals surface area contributed by atoms with Gasteiger partial charge in [-0.2, -0.15) is 0 Å². The van der Waals surface area contributed by atoms with Crippen LogP contribution >= 0.6 is 0 Å². The van der Waals surface area contributed by atoms with Crippen molar-refractivity contribution in [1.29, 1.82) is 0 Å². The molecule has 0 atom stereocenters. The largest absolute Gasteiger partial charge is 0.455 e. The average molecular weight is 717 g/mol. The van der Waals surface area contributed by atoms with Crippen molar-refractivity contribution in [3.05, 3.63) is 194 Å². The van der Waals surface area contributed by atoms with E-state index in [9.17, 15) is 0 Å². The molecular formula is C51H32N4O. The van der Waals surface area contributed by atoms with E-state index in [1.54, 1.807) is 0 Å². The van der Waals surface area contributed by atoms with E-state index in [-0.39, 0.29) is 0 Å². The number of hydrogen-bond donors (Lipinski definition) is 0. The Morgan fingerprint density at radius 2 is 0.857 bits per heavy atom. The Labute approximate surface area is 322 Å². The number of aromatic nitrogens is 4. The maximum atomic E-state index is 6.99. The summed E-state index contributed by atoms with van der Waals surface area (Å²) in [5, 5.41) is 4.49. The van der Waals surface area contributed by atoms with Gasteiger partial charge in [-0.05, 0) is 59.2 Å². The van der Waals surface area contributed by atoms with Crippen LogP contribution in [0.15, 0.2) is 199 Å². The van der Waals surface area contributed by atoms with Crippen LogP contribution in [0.3, 0.4) is 0 Å². The summed E-state index contributed by atoms with van der Waals surface area (Å²) in [6, 6.07) is 67.4. The van der Waals surface area contributed by atoms with Crippen molar-refractivity contribution in [3.63, 3.8) is 0 Å². The van der Waals surface area contributed by atoms with Gasteiger partial charge >= 0.3 is 0 Å². The van der Waals surface area contributed by atoms with Crippen LogP contribution in [0.2, 0.25) is 0 Å². The minimum absolute atomic E-state index is 0.587. The highest BCUT2D eigenvalue weighted by Gasteiger charge is 2.22. The minimum atomic E-state index is 0.587. The second-order valence-electron chi connectivity index (χ2n) is 14.0. The monoisotopic (exact) mass is 716 g/mol. The van der Waals surface area contributed by atoms with Gasteiger partial charge in [0, 0.05) is 43.8 Å². The Kier molecular flexibility index (Phi) is 7.42. The zero-order chi connectivity index (χ0) is 37.0. The lowest BCUT2D eigenvalue weighted by atomic mass is 9.99. The van der Waals surface area contributed by atoms with Crippen molar-refractivity contribution in [3.8, 4) is 62.1 Å². The molecule has 8 aromatic carbocycles. The lowest BCUT2D eigenvalue weighted by Gasteiger charge is -2.15. The zero-order valence-corrected chi connectivity index (χ0v) is 30.2. The molecule has 0 unspecified atom stereocenters. The van der Waals surface area contributed by atoms with Crippen LogP contribution in [0, 0.1) is 0 Å². The van der Waals surface area contributed by atoms with Gasteiger partial charge in [-0.3, -0.25) is 0 Å². The number of benzene rings is 8. The molecule has 11 aromatic rings. The number of nitrogens with zero attached hydrogens (tertiary/aromatic N) is 4. The van der Waals surface area contributed by atoms with E-state index in [2.05, 4.69) is 138 Å². The van der Waals surface area contributed by atoms with Crippen molar-refractivity contribution in [2.75, 3.05) is 0 Å².